The molecule has 100 valence electrons. The molecule has 4 bridgehead atoms. The normalized spacial score (nSPS) is 51.1. The summed E-state index contributed by atoms with van der Waals surface area (Å²) in [5.41, 5.74) is 4.50. The van der Waals surface area contributed by atoms with Crippen LogP contribution in [0.2, 0.25) is 0 Å². The van der Waals surface area contributed by atoms with Gasteiger partial charge in [0.05, 0.1) is 0 Å². The van der Waals surface area contributed by atoms with Crippen molar-refractivity contribution in [3.63, 3.8) is 0 Å². The number of terminal acetylenes is 1. The quantitative estimate of drug-likeness (QED) is 0.456. The summed E-state index contributed by atoms with van der Waals surface area (Å²) in [6, 6.07) is 0.310. The maximum Gasteiger partial charge on any atom is 0.0376 e. The Kier molecular flexibility index (Phi) is 2.60. The minimum Gasteiger partial charge on any atom is -0.271 e. The number of hydrogen-bond acceptors (Lipinski definition) is 2. The van der Waals surface area contributed by atoms with Gasteiger partial charge < -0.3 is 0 Å². The lowest BCUT2D eigenvalue weighted by atomic mass is 9.39. The molecule has 0 radical (unpaired) electrons. The van der Waals surface area contributed by atoms with E-state index >= 15 is 0 Å². The highest BCUT2D eigenvalue weighted by Crippen LogP contribution is 2.70. The average Bonchev–Trinajstić information content (AvgIpc) is 2.20. The van der Waals surface area contributed by atoms with Crippen molar-refractivity contribution in [1.82, 2.24) is 5.43 Å². The molecule has 0 aromatic heterocycles. The maximum atomic E-state index is 5.82. The Morgan fingerprint density at radius 3 is 2.28 bits per heavy atom. The van der Waals surface area contributed by atoms with E-state index in [2.05, 4.69) is 25.2 Å². The summed E-state index contributed by atoms with van der Waals surface area (Å²) >= 11 is 0. The first-order valence-electron chi connectivity index (χ1n) is 7.32. The van der Waals surface area contributed by atoms with Crippen LogP contribution in [0.5, 0.6) is 0 Å². The molecule has 0 aliphatic heterocycles. The summed E-state index contributed by atoms with van der Waals surface area (Å²) in [6.45, 7) is 4.99. The van der Waals surface area contributed by atoms with Crippen molar-refractivity contribution in [1.29, 1.82) is 0 Å². The Balaban J connectivity index is 1.95. The standard InChI is InChI=1S/C16H26N2/c1-4-5-13(18-17)16-8-12-6-14(2,10-16)9-15(3,7-12)11-16/h1,12-13,18H,5-11,17H2,2-3H3. The fraction of sp³-hybridized carbons (Fsp3) is 0.875. The van der Waals surface area contributed by atoms with Crippen LogP contribution in [-0.2, 0) is 0 Å². The molecule has 0 aromatic rings. The Morgan fingerprint density at radius 2 is 1.83 bits per heavy atom. The molecule has 4 aliphatic carbocycles. The molecule has 3 unspecified atom stereocenters. The van der Waals surface area contributed by atoms with Gasteiger partial charge in [0.1, 0.15) is 0 Å². The van der Waals surface area contributed by atoms with E-state index in [0.29, 0.717) is 22.3 Å². The van der Waals surface area contributed by atoms with Gasteiger partial charge in [-0.15, -0.1) is 12.3 Å². The number of rotatable bonds is 3. The molecule has 3 atom stereocenters. The monoisotopic (exact) mass is 246 g/mol. The van der Waals surface area contributed by atoms with E-state index < -0.39 is 0 Å². The average molecular weight is 246 g/mol. The van der Waals surface area contributed by atoms with Crippen LogP contribution in [0.15, 0.2) is 0 Å². The molecule has 4 aliphatic rings. The lowest BCUT2D eigenvalue weighted by Gasteiger charge is -2.67. The highest BCUT2D eigenvalue weighted by molar-refractivity contribution is 5.14. The summed E-state index contributed by atoms with van der Waals surface area (Å²) in [7, 11) is 0. The topological polar surface area (TPSA) is 38.0 Å². The first-order chi connectivity index (χ1) is 8.43. The van der Waals surface area contributed by atoms with Crippen molar-refractivity contribution >= 4 is 0 Å². The molecule has 3 N–H and O–H groups in total. The Morgan fingerprint density at radius 1 is 1.22 bits per heavy atom. The van der Waals surface area contributed by atoms with Crippen molar-refractivity contribution in [3.8, 4) is 12.3 Å². The Labute approximate surface area is 111 Å². The minimum absolute atomic E-state index is 0.310. The van der Waals surface area contributed by atoms with Crippen LogP contribution in [0.1, 0.15) is 58.8 Å². The first-order valence-corrected chi connectivity index (χ1v) is 7.32. The number of nitrogens with one attached hydrogen (secondary N) is 1. The lowest BCUT2D eigenvalue weighted by molar-refractivity contribution is -0.157. The van der Waals surface area contributed by atoms with Crippen LogP contribution in [0, 0.1) is 34.5 Å². The van der Waals surface area contributed by atoms with Crippen molar-refractivity contribution in [2.75, 3.05) is 0 Å². The van der Waals surface area contributed by atoms with Gasteiger partial charge in [0.25, 0.3) is 0 Å². The van der Waals surface area contributed by atoms with E-state index in [9.17, 15) is 0 Å². The van der Waals surface area contributed by atoms with Crippen LogP contribution in [0.4, 0.5) is 0 Å². The molecule has 18 heavy (non-hydrogen) atoms. The molecule has 4 fully saturated rings. The zero-order valence-corrected chi connectivity index (χ0v) is 11.8. The van der Waals surface area contributed by atoms with Crippen LogP contribution in [0.3, 0.4) is 0 Å². The summed E-state index contributed by atoms with van der Waals surface area (Å²) in [5, 5.41) is 0. The number of hydrogen-bond donors (Lipinski definition) is 2. The van der Waals surface area contributed by atoms with Gasteiger partial charge in [-0.05, 0) is 60.7 Å². The first kappa shape index (κ1) is 12.5. The Hall–Kier alpha value is -0.520. The van der Waals surface area contributed by atoms with E-state index in [4.69, 9.17) is 12.3 Å². The molecule has 0 amide bonds. The Bertz CT molecular complexity index is 376. The van der Waals surface area contributed by atoms with Gasteiger partial charge in [-0.1, -0.05) is 13.8 Å². The van der Waals surface area contributed by atoms with Gasteiger partial charge >= 0.3 is 0 Å². The van der Waals surface area contributed by atoms with Gasteiger partial charge in [-0.3, -0.25) is 11.3 Å². The fourth-order valence-electron chi connectivity index (χ4n) is 6.49. The van der Waals surface area contributed by atoms with Crippen LogP contribution >= 0.6 is 0 Å². The molecule has 0 aromatic carbocycles. The van der Waals surface area contributed by atoms with Crippen molar-refractivity contribution in [2.24, 2.45) is 28.0 Å². The fourth-order valence-corrected chi connectivity index (χ4v) is 6.49. The second-order valence-electron chi connectivity index (χ2n) is 8.12. The van der Waals surface area contributed by atoms with E-state index in [0.717, 1.165) is 12.3 Å². The molecule has 2 heteroatoms. The van der Waals surface area contributed by atoms with Crippen molar-refractivity contribution in [3.05, 3.63) is 0 Å². The van der Waals surface area contributed by atoms with Crippen molar-refractivity contribution < 1.29 is 0 Å². The van der Waals surface area contributed by atoms with Gasteiger partial charge in [-0.2, -0.15) is 0 Å². The second kappa shape index (κ2) is 3.74. The summed E-state index contributed by atoms with van der Waals surface area (Å²) in [4.78, 5) is 0. The van der Waals surface area contributed by atoms with Gasteiger partial charge in [-0.25, -0.2) is 0 Å². The molecule has 0 spiro atoms. The zero-order chi connectivity index (χ0) is 13.0. The SMILES string of the molecule is C#CCC(NN)C12CC3CC(C)(CC(C)(C3)C1)C2. The molecule has 0 saturated heterocycles. The van der Waals surface area contributed by atoms with Crippen LogP contribution < -0.4 is 11.3 Å². The number of hydrazine groups is 1. The van der Waals surface area contributed by atoms with Crippen LogP contribution in [0.25, 0.3) is 0 Å². The van der Waals surface area contributed by atoms with E-state index in [-0.39, 0.29) is 0 Å². The second-order valence-corrected chi connectivity index (χ2v) is 8.12. The third kappa shape index (κ3) is 1.72. The summed E-state index contributed by atoms with van der Waals surface area (Å²) in [5.74, 6) is 9.55. The van der Waals surface area contributed by atoms with Crippen molar-refractivity contribution in [2.45, 2.75) is 64.8 Å². The number of nitrogens with two attached hydrogens (primary N) is 1. The van der Waals surface area contributed by atoms with Gasteiger partial charge in [0.2, 0.25) is 0 Å². The van der Waals surface area contributed by atoms with Gasteiger partial charge in [0.15, 0.2) is 0 Å². The summed E-state index contributed by atoms with van der Waals surface area (Å²) in [6.07, 6.45) is 14.6. The highest BCUT2D eigenvalue weighted by Gasteiger charge is 2.61. The smallest absolute Gasteiger partial charge is 0.0376 e. The predicted molar refractivity (Wildman–Crippen MR) is 74.4 cm³/mol. The summed E-state index contributed by atoms with van der Waals surface area (Å²) < 4.78 is 0. The lowest BCUT2D eigenvalue weighted by Crippen LogP contribution is -2.62. The highest BCUT2D eigenvalue weighted by atomic mass is 15.2. The van der Waals surface area contributed by atoms with E-state index in [1.807, 2.05) is 0 Å². The molecule has 4 rings (SSSR count). The van der Waals surface area contributed by atoms with Gasteiger partial charge in [0, 0.05) is 12.5 Å². The molecular formula is C16H26N2. The predicted octanol–water partition coefficient (Wildman–Crippen LogP) is 2.84. The molecular weight excluding hydrogens is 220 g/mol. The van der Waals surface area contributed by atoms with E-state index in [1.54, 1.807) is 0 Å². The van der Waals surface area contributed by atoms with E-state index in [1.165, 1.54) is 38.5 Å². The molecule has 0 heterocycles. The van der Waals surface area contributed by atoms with Crippen LogP contribution in [-0.4, -0.2) is 6.04 Å². The third-order valence-corrected chi connectivity index (χ3v) is 5.93. The molecule has 4 saturated carbocycles. The molecule has 2 nitrogen and oxygen atoms in total. The zero-order valence-electron chi connectivity index (χ0n) is 11.8. The minimum atomic E-state index is 0.310. The third-order valence-electron chi connectivity index (χ3n) is 5.93. The largest absolute Gasteiger partial charge is 0.271 e. The maximum absolute atomic E-state index is 5.82.